The van der Waals surface area contributed by atoms with Crippen LogP contribution in [0.25, 0.3) is 11.3 Å². The van der Waals surface area contributed by atoms with Crippen LogP contribution in [0.4, 0.5) is 21.5 Å². The molecule has 9 heteroatoms. The molecule has 0 radical (unpaired) electrons. The average molecular weight is 705 g/mol. The molecule has 7 rings (SSSR count). The Balaban J connectivity index is 0.000000405. The zero-order chi connectivity index (χ0) is 35.1. The summed E-state index contributed by atoms with van der Waals surface area (Å²) in [5.41, 5.74) is 4.73. The molecule has 4 heterocycles. The summed E-state index contributed by atoms with van der Waals surface area (Å²) in [7, 11) is 0. The van der Waals surface area contributed by atoms with Crippen LogP contribution in [0.3, 0.4) is 0 Å². The molecule has 1 amide bonds. The van der Waals surface area contributed by atoms with Gasteiger partial charge in [0.25, 0.3) is 0 Å². The number of anilines is 1. The number of aliphatic imine (C=N–C) groups is 1. The van der Waals surface area contributed by atoms with Crippen molar-refractivity contribution in [1.29, 1.82) is 0 Å². The summed E-state index contributed by atoms with van der Waals surface area (Å²) in [6, 6.07) is 12.8. The zero-order valence-electron chi connectivity index (χ0n) is 31.3. The van der Waals surface area contributed by atoms with Gasteiger partial charge in [0, 0.05) is 22.9 Å². The fraction of sp³-hybridized carbons (Fsp3) is 0.537. The number of hydrogen-bond acceptors (Lipinski definition) is 5. The van der Waals surface area contributed by atoms with Gasteiger partial charge in [-0.1, -0.05) is 57.9 Å². The Labute approximate surface area is 341 Å². The smallest absolute Gasteiger partial charge is 0.497 e. The molecule has 3 fully saturated rings. The van der Waals surface area contributed by atoms with Crippen LogP contribution in [-0.4, -0.2) is 41.7 Å². The quantitative estimate of drug-likeness (QED) is 0.180. The van der Waals surface area contributed by atoms with E-state index in [0.717, 1.165) is 80.0 Å². The first-order valence-corrected chi connectivity index (χ1v) is 18.4. The second-order valence-corrected chi connectivity index (χ2v) is 14.3. The van der Waals surface area contributed by atoms with Crippen LogP contribution in [0, 0.1) is 43.0 Å². The molecule has 4 aliphatic rings. The fourth-order valence-corrected chi connectivity index (χ4v) is 7.75. The Kier molecular flexibility index (Phi) is 15.2. The number of fused-ring (bicyclic) bond motifs is 2. The average Bonchev–Trinajstić information content (AvgIpc) is 3.29. The van der Waals surface area contributed by atoms with E-state index in [2.05, 4.69) is 69.1 Å². The van der Waals surface area contributed by atoms with Gasteiger partial charge in [-0.25, -0.2) is 10.5 Å². The molecule has 2 saturated carbocycles. The molecular formula is C41H54FKN6O-2. The third-order valence-corrected chi connectivity index (χ3v) is 10.9. The van der Waals surface area contributed by atoms with E-state index in [1.165, 1.54) is 25.7 Å². The van der Waals surface area contributed by atoms with E-state index in [1.54, 1.807) is 19.1 Å². The van der Waals surface area contributed by atoms with Gasteiger partial charge in [0.1, 0.15) is 5.69 Å². The summed E-state index contributed by atoms with van der Waals surface area (Å²) in [5, 5.41) is 3.42. The number of carbonyl (C=O) groups excluding carboxylic acids is 1. The Morgan fingerprint density at radius 1 is 1.02 bits per heavy atom. The summed E-state index contributed by atoms with van der Waals surface area (Å²) in [6.07, 6.45) is 13.9. The molecule has 3 aromatic rings. The third kappa shape index (κ3) is 8.95. The van der Waals surface area contributed by atoms with E-state index in [9.17, 15) is 9.18 Å². The molecule has 264 valence electrons. The number of aromatic amines is 1. The maximum absolute atomic E-state index is 14.4. The molecule has 7 nitrogen and oxygen atoms in total. The van der Waals surface area contributed by atoms with Crippen LogP contribution >= 0.6 is 0 Å². The number of H-pyrrole nitrogens is 1. The molecule has 2 aromatic heterocycles. The number of pyridine rings is 2. The van der Waals surface area contributed by atoms with Gasteiger partial charge >= 0.3 is 51.4 Å². The minimum Gasteiger partial charge on any atom is -0.497 e. The van der Waals surface area contributed by atoms with Gasteiger partial charge in [-0.05, 0) is 99.6 Å². The molecule has 2 aliphatic carbocycles. The Bertz CT molecular complexity index is 1660. The molecule has 0 atom stereocenters. The van der Waals surface area contributed by atoms with Crippen LogP contribution in [0.5, 0.6) is 0 Å². The molecule has 1 saturated heterocycles. The summed E-state index contributed by atoms with van der Waals surface area (Å²) < 4.78 is 14.4. The summed E-state index contributed by atoms with van der Waals surface area (Å²) in [6.45, 7) is 19.9. The van der Waals surface area contributed by atoms with Crippen LogP contribution < -0.4 is 67.1 Å². The van der Waals surface area contributed by atoms with Crippen LogP contribution in [0.2, 0.25) is 0 Å². The van der Waals surface area contributed by atoms with Gasteiger partial charge in [0.15, 0.2) is 5.82 Å². The summed E-state index contributed by atoms with van der Waals surface area (Å²) >= 11 is 0. The van der Waals surface area contributed by atoms with E-state index >= 15 is 0 Å². The van der Waals surface area contributed by atoms with Crippen molar-refractivity contribution in [2.45, 2.75) is 111 Å². The fourth-order valence-electron chi connectivity index (χ4n) is 7.75. The molecule has 0 unspecified atom stereocenters. The first-order valence-electron chi connectivity index (χ1n) is 18.4. The van der Waals surface area contributed by atoms with Gasteiger partial charge in [-0.15, -0.1) is 0 Å². The summed E-state index contributed by atoms with van der Waals surface area (Å²) in [5.74, 6) is 2.59. The molecule has 50 heavy (non-hydrogen) atoms. The van der Waals surface area contributed by atoms with E-state index in [-0.39, 0.29) is 69.0 Å². The van der Waals surface area contributed by atoms with E-state index in [1.807, 2.05) is 26.3 Å². The number of aromatic nitrogens is 2. The van der Waals surface area contributed by atoms with Gasteiger partial charge in [0.05, 0.1) is 11.6 Å². The number of nitrogens with one attached hydrogen (secondary N) is 2. The molecular weight excluding hydrogens is 651 g/mol. The number of amides is 1. The number of rotatable bonds is 7. The zero-order valence-corrected chi connectivity index (χ0v) is 34.4. The third-order valence-electron chi connectivity index (χ3n) is 10.9. The summed E-state index contributed by atoms with van der Waals surface area (Å²) in [4.78, 5) is 31.6. The largest absolute Gasteiger partial charge is 1.00 e. The van der Waals surface area contributed by atoms with Gasteiger partial charge in [0.2, 0.25) is 5.91 Å². The minimum atomic E-state index is -0.529. The topological polar surface area (TPSA) is 85.7 Å². The van der Waals surface area contributed by atoms with Crippen molar-refractivity contribution in [2.24, 2.45) is 27.7 Å². The maximum Gasteiger partial charge on any atom is 1.00 e. The van der Waals surface area contributed by atoms with Crippen molar-refractivity contribution in [2.75, 3.05) is 18.0 Å². The van der Waals surface area contributed by atoms with Gasteiger partial charge in [-0.2, -0.15) is 20.6 Å². The van der Waals surface area contributed by atoms with E-state index in [0.29, 0.717) is 28.5 Å². The first kappa shape index (κ1) is 40.8. The standard InChI is InChI=1S/C30H31FN6O.C8H16.C3H7.K/c1-4-19-12-22(13-19)37-27-14-20(5-6-23(27)30(29(37)38)7-9-33-10-8-30)25-15-21(32-3)16-28(35-25)36-26-11-18(2)34-17-24(26)31;1-3-7-5-8(4-2)6-7;1-3-2;/h3,5-6,11,14-15,17,19,22,33H,4,7-10,12-13H2,1-2H3,(H,34,35,36);7-8H,3-6H2,1-2H3;3H,1-2H3;/q-2;;-1;+1. The number of halogens is 1. The number of benzene rings is 1. The second kappa shape index (κ2) is 18.7. The molecule has 2 aliphatic heterocycles. The molecule has 1 spiro atoms. The SMILES string of the molecule is CCC1CC(CC)C1.C[CH-]C.[CH-]=Nc1[c-]c(=Nc2cc(C)ncc2F)[nH]c(-c2ccc3c(c2)N(C2CC(CC)C2)C(=O)C32CCNCC2)c1.[K+]. The van der Waals surface area contributed by atoms with Crippen LogP contribution in [-0.2, 0) is 10.2 Å². The normalized spacial score (nSPS) is 23.3. The Morgan fingerprint density at radius 2 is 1.64 bits per heavy atom. The van der Waals surface area contributed by atoms with Gasteiger partial charge < -0.3 is 26.6 Å². The van der Waals surface area contributed by atoms with Crippen molar-refractivity contribution >= 4 is 29.7 Å². The monoisotopic (exact) mass is 704 g/mol. The van der Waals surface area contributed by atoms with Crippen LogP contribution in [0.15, 0.2) is 46.5 Å². The van der Waals surface area contributed by atoms with Crippen molar-refractivity contribution < 1.29 is 60.6 Å². The number of piperidine rings is 1. The Hall–Kier alpha value is -2.01. The minimum absolute atomic E-state index is 0. The second-order valence-electron chi connectivity index (χ2n) is 14.3. The van der Waals surface area contributed by atoms with Crippen molar-refractivity contribution in [3.05, 3.63) is 71.6 Å². The van der Waals surface area contributed by atoms with E-state index < -0.39 is 11.2 Å². The maximum atomic E-state index is 14.4. The number of aryl methyl sites for hydroxylation is 1. The first-order chi connectivity index (χ1) is 23.7. The van der Waals surface area contributed by atoms with Gasteiger partial charge in [-0.3, -0.25) is 26.5 Å². The number of hydrogen-bond donors (Lipinski definition) is 2. The molecule has 1 aromatic carbocycles. The predicted molar refractivity (Wildman–Crippen MR) is 198 cm³/mol. The van der Waals surface area contributed by atoms with Crippen LogP contribution in [0.1, 0.15) is 104 Å². The molecule has 0 bridgehead atoms. The number of carbonyl (C=O) groups is 1. The Morgan fingerprint density at radius 3 is 2.24 bits per heavy atom. The van der Waals surface area contributed by atoms with Crippen molar-refractivity contribution in [3.63, 3.8) is 0 Å². The number of nitrogens with zero attached hydrogens (tertiary/aromatic N) is 4. The van der Waals surface area contributed by atoms with E-state index in [4.69, 9.17) is 6.72 Å². The molecule has 2 N–H and O–H groups in total. The van der Waals surface area contributed by atoms with Crippen molar-refractivity contribution in [1.82, 2.24) is 15.3 Å². The van der Waals surface area contributed by atoms with Crippen molar-refractivity contribution in [3.8, 4) is 11.3 Å². The predicted octanol–water partition coefficient (Wildman–Crippen LogP) is 5.99.